The van der Waals surface area contributed by atoms with Crippen molar-refractivity contribution < 1.29 is 9.90 Å². The molecule has 1 aliphatic rings. The van der Waals surface area contributed by atoms with Crippen LogP contribution >= 0.6 is 0 Å². The van der Waals surface area contributed by atoms with E-state index in [-0.39, 0.29) is 12.5 Å². The number of carbonyl (C=O) groups is 1. The van der Waals surface area contributed by atoms with Crippen molar-refractivity contribution in [2.75, 3.05) is 13.2 Å². The van der Waals surface area contributed by atoms with Crippen LogP contribution in [0.3, 0.4) is 0 Å². The maximum absolute atomic E-state index is 11.3. The second-order valence-corrected chi connectivity index (χ2v) is 4.12. The molecule has 0 bridgehead atoms. The molecule has 0 unspecified atom stereocenters. The van der Waals surface area contributed by atoms with E-state index >= 15 is 0 Å². The Labute approximate surface area is 85.9 Å². The third-order valence-corrected chi connectivity index (χ3v) is 2.91. The van der Waals surface area contributed by atoms with Crippen LogP contribution in [0.15, 0.2) is 0 Å². The molecule has 1 amide bonds. The summed E-state index contributed by atoms with van der Waals surface area (Å²) in [7, 11) is 0. The highest BCUT2D eigenvalue weighted by Crippen LogP contribution is 2.28. The Bertz CT molecular complexity index is 165. The van der Waals surface area contributed by atoms with E-state index in [1.807, 2.05) is 0 Å². The van der Waals surface area contributed by atoms with Crippen LogP contribution in [0.25, 0.3) is 0 Å². The van der Waals surface area contributed by atoms with E-state index in [4.69, 9.17) is 5.11 Å². The first-order valence-electron chi connectivity index (χ1n) is 5.70. The smallest absolute Gasteiger partial charge is 0.220 e. The van der Waals surface area contributed by atoms with Gasteiger partial charge >= 0.3 is 0 Å². The van der Waals surface area contributed by atoms with Gasteiger partial charge in [-0.15, -0.1) is 0 Å². The van der Waals surface area contributed by atoms with E-state index in [9.17, 15) is 4.79 Å². The third-order valence-electron chi connectivity index (χ3n) is 2.91. The Balaban J connectivity index is 1.96. The molecule has 0 spiro atoms. The van der Waals surface area contributed by atoms with Gasteiger partial charge < -0.3 is 10.4 Å². The topological polar surface area (TPSA) is 49.3 Å². The lowest BCUT2D eigenvalue weighted by molar-refractivity contribution is -0.121. The van der Waals surface area contributed by atoms with E-state index in [0.717, 1.165) is 12.3 Å². The Morgan fingerprint density at radius 2 is 2.07 bits per heavy atom. The van der Waals surface area contributed by atoms with Crippen molar-refractivity contribution in [1.82, 2.24) is 5.32 Å². The minimum absolute atomic E-state index is 0.144. The summed E-state index contributed by atoms with van der Waals surface area (Å²) in [5, 5.41) is 11.3. The normalized spacial score (nSPS) is 17.2. The molecule has 0 aromatic heterocycles. The minimum atomic E-state index is 0.144. The highest BCUT2D eigenvalue weighted by molar-refractivity contribution is 5.75. The number of aliphatic hydroxyl groups is 1. The number of rotatable bonds is 6. The molecule has 0 aromatic rings. The van der Waals surface area contributed by atoms with Gasteiger partial charge in [-0.3, -0.25) is 4.79 Å². The van der Waals surface area contributed by atoms with Gasteiger partial charge in [0, 0.05) is 19.6 Å². The summed E-state index contributed by atoms with van der Waals surface area (Å²) < 4.78 is 0. The summed E-state index contributed by atoms with van der Waals surface area (Å²) in [6.45, 7) is 0.767. The SMILES string of the molecule is O=C(CCC1CCCC1)NCCCO. The molecule has 1 aliphatic carbocycles. The number of hydrogen-bond acceptors (Lipinski definition) is 2. The molecule has 0 radical (unpaired) electrons. The van der Waals surface area contributed by atoms with Crippen LogP contribution in [0.1, 0.15) is 44.9 Å². The number of amides is 1. The largest absolute Gasteiger partial charge is 0.396 e. The lowest BCUT2D eigenvalue weighted by Gasteiger charge is -2.08. The van der Waals surface area contributed by atoms with Gasteiger partial charge in [0.2, 0.25) is 5.91 Å². The molecule has 2 N–H and O–H groups in total. The van der Waals surface area contributed by atoms with Gasteiger partial charge in [0.25, 0.3) is 0 Å². The standard InChI is InChI=1S/C11H21NO2/c13-9-3-8-12-11(14)7-6-10-4-1-2-5-10/h10,13H,1-9H2,(H,12,14). The lowest BCUT2D eigenvalue weighted by atomic mass is 10.0. The molecule has 0 heterocycles. The van der Waals surface area contributed by atoms with Gasteiger partial charge in [-0.25, -0.2) is 0 Å². The maximum atomic E-state index is 11.3. The van der Waals surface area contributed by atoms with Crippen LogP contribution in [-0.4, -0.2) is 24.2 Å². The van der Waals surface area contributed by atoms with Gasteiger partial charge in [-0.2, -0.15) is 0 Å². The summed E-state index contributed by atoms with van der Waals surface area (Å²) in [4.78, 5) is 11.3. The van der Waals surface area contributed by atoms with Crippen molar-refractivity contribution in [2.24, 2.45) is 5.92 Å². The first-order valence-corrected chi connectivity index (χ1v) is 5.70. The van der Waals surface area contributed by atoms with Crippen LogP contribution in [-0.2, 0) is 4.79 Å². The van der Waals surface area contributed by atoms with E-state index in [1.165, 1.54) is 25.7 Å². The van der Waals surface area contributed by atoms with Crippen molar-refractivity contribution >= 4 is 5.91 Å². The number of hydrogen-bond donors (Lipinski definition) is 2. The molecule has 0 atom stereocenters. The van der Waals surface area contributed by atoms with Crippen LogP contribution in [0, 0.1) is 5.92 Å². The highest BCUT2D eigenvalue weighted by Gasteiger charge is 2.15. The molecule has 3 nitrogen and oxygen atoms in total. The Morgan fingerprint density at radius 3 is 2.71 bits per heavy atom. The third kappa shape index (κ3) is 4.61. The molecule has 1 rings (SSSR count). The fraction of sp³-hybridized carbons (Fsp3) is 0.909. The molecule has 3 heteroatoms. The molecule has 1 saturated carbocycles. The second kappa shape index (κ2) is 6.82. The average molecular weight is 199 g/mol. The molecule has 1 fully saturated rings. The lowest BCUT2D eigenvalue weighted by Crippen LogP contribution is -2.25. The van der Waals surface area contributed by atoms with Gasteiger partial charge in [0.05, 0.1) is 0 Å². The van der Waals surface area contributed by atoms with Gasteiger partial charge in [0.1, 0.15) is 0 Å². The van der Waals surface area contributed by atoms with Crippen LogP contribution < -0.4 is 5.32 Å². The molecule has 82 valence electrons. The Hall–Kier alpha value is -0.570. The number of nitrogens with one attached hydrogen (secondary N) is 1. The van der Waals surface area contributed by atoms with Crippen LogP contribution in [0.5, 0.6) is 0 Å². The fourth-order valence-electron chi connectivity index (χ4n) is 2.03. The monoisotopic (exact) mass is 199 g/mol. The van der Waals surface area contributed by atoms with Gasteiger partial charge in [0.15, 0.2) is 0 Å². The maximum Gasteiger partial charge on any atom is 0.220 e. The van der Waals surface area contributed by atoms with Crippen molar-refractivity contribution in [2.45, 2.75) is 44.9 Å². The van der Waals surface area contributed by atoms with Crippen LogP contribution in [0.4, 0.5) is 0 Å². The zero-order valence-corrected chi connectivity index (χ0v) is 8.80. The molecule has 0 aliphatic heterocycles. The predicted octanol–water partition coefficient (Wildman–Crippen LogP) is 1.46. The van der Waals surface area contributed by atoms with Crippen molar-refractivity contribution in [1.29, 1.82) is 0 Å². The first-order chi connectivity index (χ1) is 6.83. The predicted molar refractivity (Wildman–Crippen MR) is 55.9 cm³/mol. The summed E-state index contributed by atoms with van der Waals surface area (Å²) >= 11 is 0. The first kappa shape index (κ1) is 11.5. The quantitative estimate of drug-likeness (QED) is 0.636. The highest BCUT2D eigenvalue weighted by atomic mass is 16.3. The molecular formula is C11H21NO2. The van der Waals surface area contributed by atoms with E-state index in [0.29, 0.717) is 19.4 Å². The van der Waals surface area contributed by atoms with E-state index in [1.54, 1.807) is 0 Å². The van der Waals surface area contributed by atoms with Gasteiger partial charge in [-0.05, 0) is 18.8 Å². The van der Waals surface area contributed by atoms with Crippen molar-refractivity contribution in [3.8, 4) is 0 Å². The van der Waals surface area contributed by atoms with Crippen LogP contribution in [0.2, 0.25) is 0 Å². The Morgan fingerprint density at radius 1 is 1.36 bits per heavy atom. The summed E-state index contributed by atoms with van der Waals surface area (Å²) in [5.74, 6) is 0.934. The average Bonchev–Trinajstić information content (AvgIpc) is 2.68. The van der Waals surface area contributed by atoms with Crippen molar-refractivity contribution in [3.05, 3.63) is 0 Å². The summed E-state index contributed by atoms with van der Waals surface area (Å²) in [6.07, 6.45) is 7.68. The second-order valence-electron chi connectivity index (χ2n) is 4.12. The fourth-order valence-corrected chi connectivity index (χ4v) is 2.03. The Kier molecular flexibility index (Phi) is 5.60. The summed E-state index contributed by atoms with van der Waals surface area (Å²) in [5.41, 5.74) is 0. The van der Waals surface area contributed by atoms with E-state index < -0.39 is 0 Å². The van der Waals surface area contributed by atoms with E-state index in [2.05, 4.69) is 5.32 Å². The number of aliphatic hydroxyl groups excluding tert-OH is 1. The number of carbonyl (C=O) groups excluding carboxylic acids is 1. The zero-order valence-electron chi connectivity index (χ0n) is 8.80. The summed E-state index contributed by atoms with van der Waals surface area (Å²) in [6, 6.07) is 0. The molecule has 0 aromatic carbocycles. The molecular weight excluding hydrogens is 178 g/mol. The van der Waals surface area contributed by atoms with Gasteiger partial charge in [-0.1, -0.05) is 25.7 Å². The minimum Gasteiger partial charge on any atom is -0.396 e. The molecule has 0 saturated heterocycles. The molecule has 14 heavy (non-hydrogen) atoms. The zero-order chi connectivity index (χ0) is 10.2. The van der Waals surface area contributed by atoms with Crippen molar-refractivity contribution in [3.63, 3.8) is 0 Å².